The van der Waals surface area contributed by atoms with Gasteiger partial charge in [-0.3, -0.25) is 4.79 Å². The van der Waals surface area contributed by atoms with Crippen molar-refractivity contribution in [1.29, 1.82) is 0 Å². The summed E-state index contributed by atoms with van der Waals surface area (Å²) in [5.41, 5.74) is 1.14. The highest BCUT2D eigenvalue weighted by Crippen LogP contribution is 2.16. The highest BCUT2D eigenvalue weighted by Gasteiger charge is 2.23. The van der Waals surface area contributed by atoms with E-state index in [1.165, 1.54) is 0 Å². The van der Waals surface area contributed by atoms with E-state index in [9.17, 15) is 4.79 Å². The van der Waals surface area contributed by atoms with Crippen LogP contribution in [0, 0.1) is 12.0 Å². The molecule has 0 aliphatic rings. The maximum Gasteiger partial charge on any atom is 0.223 e. The Kier molecular flexibility index (Phi) is 5.14. The molecule has 0 aliphatic carbocycles. The van der Waals surface area contributed by atoms with Gasteiger partial charge in [0.05, 0.1) is 6.04 Å². The van der Waals surface area contributed by atoms with Crippen LogP contribution in [0.1, 0.15) is 25.5 Å². The van der Waals surface area contributed by atoms with Crippen LogP contribution >= 0.6 is 0 Å². The molecule has 1 aromatic carbocycles. The third kappa shape index (κ3) is 5.04. The van der Waals surface area contributed by atoms with Crippen LogP contribution in [0.2, 0.25) is 19.6 Å². The number of rotatable bonds is 5. The minimum Gasteiger partial charge on any atom is -0.349 e. The number of nitrogens with one attached hydrogen (secondary N) is 1. The predicted octanol–water partition coefficient (Wildman–Crippen LogP) is 3.58. The lowest BCUT2D eigenvalue weighted by atomic mass is 10.1. The van der Waals surface area contributed by atoms with Crippen LogP contribution in [0.25, 0.3) is 0 Å². The third-order valence-corrected chi connectivity index (χ3v) is 4.32. The molecule has 0 saturated carbocycles. The monoisotopic (exact) mass is 262 g/mol. The lowest BCUT2D eigenvalue weighted by molar-refractivity contribution is -0.124. The zero-order valence-corrected chi connectivity index (χ0v) is 13.0. The zero-order valence-electron chi connectivity index (χ0n) is 12.0. The van der Waals surface area contributed by atoms with E-state index in [0.717, 1.165) is 5.56 Å². The van der Waals surface area contributed by atoms with Crippen LogP contribution in [-0.2, 0) is 4.79 Å². The molecule has 0 spiro atoms. The van der Waals surface area contributed by atoms with Gasteiger partial charge in [-0.25, -0.2) is 0 Å². The van der Waals surface area contributed by atoms with E-state index < -0.39 is 8.07 Å². The van der Waals surface area contributed by atoms with Gasteiger partial charge in [-0.05, 0) is 18.5 Å². The highest BCUT2D eigenvalue weighted by molar-refractivity contribution is 6.79. The normalized spacial score (nSPS) is 14.9. The minimum absolute atomic E-state index is 0.0113. The lowest BCUT2D eigenvalue weighted by Crippen LogP contribution is -2.36. The molecule has 1 N–H and O–H groups in total. The average molecular weight is 262 g/mol. The second-order valence-corrected chi connectivity index (χ2v) is 11.0. The summed E-state index contributed by atoms with van der Waals surface area (Å²) < 4.78 is 0. The Morgan fingerprint density at radius 3 is 2.22 bits per heavy atom. The number of hydrogen-bond donors (Lipinski definition) is 1. The molecule has 0 fully saturated rings. The van der Waals surface area contributed by atoms with Gasteiger partial charge < -0.3 is 5.32 Å². The lowest BCUT2D eigenvalue weighted by Gasteiger charge is -2.22. The minimum atomic E-state index is -1.30. The molecular formula is C15H24NOSi. The number of hydrogen-bond acceptors (Lipinski definition) is 1. The van der Waals surface area contributed by atoms with Gasteiger partial charge in [0, 0.05) is 14.0 Å². The first-order valence-corrected chi connectivity index (χ1v) is 10.1. The predicted molar refractivity (Wildman–Crippen MR) is 79.8 cm³/mol. The van der Waals surface area contributed by atoms with Gasteiger partial charge in [0.1, 0.15) is 0 Å². The summed E-state index contributed by atoms with van der Waals surface area (Å²) in [4.78, 5) is 12.1. The Balaban J connectivity index is 2.55. The maximum absolute atomic E-state index is 12.1. The zero-order chi connectivity index (χ0) is 13.8. The van der Waals surface area contributed by atoms with Crippen LogP contribution in [0.15, 0.2) is 30.3 Å². The summed E-state index contributed by atoms with van der Waals surface area (Å²) in [5.74, 6) is 0.108. The molecule has 1 aromatic rings. The van der Waals surface area contributed by atoms with E-state index in [1.807, 2.05) is 44.2 Å². The number of carbonyl (C=O) groups is 1. The number of amides is 1. The number of benzene rings is 1. The van der Waals surface area contributed by atoms with Crippen molar-refractivity contribution in [2.75, 3.05) is 0 Å². The van der Waals surface area contributed by atoms with Crippen LogP contribution in [-0.4, -0.2) is 14.0 Å². The van der Waals surface area contributed by atoms with Gasteiger partial charge >= 0.3 is 0 Å². The first-order valence-electron chi connectivity index (χ1n) is 6.51. The molecular weight excluding hydrogens is 238 g/mol. The molecule has 3 heteroatoms. The van der Waals surface area contributed by atoms with Crippen LogP contribution in [0.5, 0.6) is 0 Å². The smallest absolute Gasteiger partial charge is 0.223 e. The quantitative estimate of drug-likeness (QED) is 0.807. The Morgan fingerprint density at radius 2 is 1.72 bits per heavy atom. The van der Waals surface area contributed by atoms with E-state index in [1.54, 1.807) is 0 Å². The molecule has 2 unspecified atom stereocenters. The molecule has 0 heterocycles. The molecule has 1 rings (SSSR count). The van der Waals surface area contributed by atoms with Crippen molar-refractivity contribution in [3.8, 4) is 0 Å². The fourth-order valence-corrected chi connectivity index (χ4v) is 3.65. The van der Waals surface area contributed by atoms with Crippen LogP contribution in [0.3, 0.4) is 0 Å². The number of carbonyl (C=O) groups excluding carboxylic acids is 1. The molecule has 1 amide bonds. The molecule has 0 bridgehead atoms. The summed E-state index contributed by atoms with van der Waals surface area (Å²) in [6.07, 6.45) is 0. The second kappa shape index (κ2) is 6.18. The van der Waals surface area contributed by atoms with Crippen molar-refractivity contribution in [2.45, 2.75) is 39.5 Å². The summed E-state index contributed by atoms with van der Waals surface area (Å²) in [6.45, 7) is 10.7. The molecule has 18 heavy (non-hydrogen) atoms. The summed E-state index contributed by atoms with van der Waals surface area (Å²) in [7, 11) is -1.30. The van der Waals surface area contributed by atoms with Crippen molar-refractivity contribution in [1.82, 2.24) is 5.32 Å². The third-order valence-electron chi connectivity index (χ3n) is 2.82. The first kappa shape index (κ1) is 15.0. The standard InChI is InChI=1S/C15H24NOSi/c1-12(11-18(3,4)5)15(17)16-13(2)14-9-7-6-8-10-14/h6-13H,1-5H3,(H,16,17). The van der Waals surface area contributed by atoms with Crippen molar-refractivity contribution in [3.05, 3.63) is 41.9 Å². The second-order valence-electron chi connectivity index (χ2n) is 5.96. The Labute approximate surface area is 112 Å². The van der Waals surface area contributed by atoms with Gasteiger partial charge in [0.2, 0.25) is 5.91 Å². The van der Waals surface area contributed by atoms with Crippen molar-refractivity contribution in [2.24, 2.45) is 5.92 Å². The first-order chi connectivity index (χ1) is 8.29. The topological polar surface area (TPSA) is 29.1 Å². The molecule has 2 atom stereocenters. The molecule has 0 aromatic heterocycles. The SMILES string of the molecule is CC([CH][Si](C)(C)C)C(=O)NC(C)c1ccccc1. The summed E-state index contributed by atoms with van der Waals surface area (Å²) in [5, 5.41) is 3.07. The van der Waals surface area contributed by atoms with Crippen molar-refractivity contribution >= 4 is 14.0 Å². The van der Waals surface area contributed by atoms with E-state index in [4.69, 9.17) is 0 Å². The van der Waals surface area contributed by atoms with E-state index in [2.05, 4.69) is 31.0 Å². The summed E-state index contributed by atoms with van der Waals surface area (Å²) >= 11 is 0. The van der Waals surface area contributed by atoms with Gasteiger partial charge in [0.25, 0.3) is 0 Å². The van der Waals surface area contributed by atoms with Crippen molar-refractivity contribution < 1.29 is 4.79 Å². The fourth-order valence-electron chi connectivity index (χ4n) is 2.00. The molecule has 0 saturated heterocycles. The van der Waals surface area contributed by atoms with E-state index in [0.29, 0.717) is 0 Å². The largest absolute Gasteiger partial charge is 0.349 e. The van der Waals surface area contributed by atoms with Gasteiger partial charge in [-0.1, -0.05) is 56.9 Å². The van der Waals surface area contributed by atoms with Gasteiger partial charge in [-0.15, -0.1) is 0 Å². The Morgan fingerprint density at radius 1 is 1.17 bits per heavy atom. The summed E-state index contributed by atoms with van der Waals surface area (Å²) in [6, 6.07) is 12.3. The van der Waals surface area contributed by atoms with Crippen LogP contribution < -0.4 is 5.32 Å². The van der Waals surface area contributed by atoms with E-state index >= 15 is 0 Å². The van der Waals surface area contributed by atoms with Gasteiger partial charge in [-0.2, -0.15) is 0 Å². The highest BCUT2D eigenvalue weighted by atomic mass is 28.3. The van der Waals surface area contributed by atoms with E-state index in [-0.39, 0.29) is 17.9 Å². The maximum atomic E-state index is 12.1. The van der Waals surface area contributed by atoms with Gasteiger partial charge in [0.15, 0.2) is 0 Å². The van der Waals surface area contributed by atoms with Crippen LogP contribution in [0.4, 0.5) is 0 Å². The fraction of sp³-hybridized carbons (Fsp3) is 0.467. The Bertz CT molecular complexity index is 383. The molecule has 0 aliphatic heterocycles. The average Bonchev–Trinajstić information content (AvgIpc) is 2.27. The Hall–Kier alpha value is -1.09. The van der Waals surface area contributed by atoms with Crippen molar-refractivity contribution in [3.63, 3.8) is 0 Å². The molecule has 99 valence electrons. The molecule has 1 radical (unpaired) electrons. The molecule has 2 nitrogen and oxygen atoms in total.